The van der Waals surface area contributed by atoms with Gasteiger partial charge in [0.25, 0.3) is 0 Å². The molecule has 1 heterocycles. The van der Waals surface area contributed by atoms with Gasteiger partial charge in [-0.2, -0.15) is 0 Å². The monoisotopic (exact) mass is 256 g/mol. The van der Waals surface area contributed by atoms with E-state index in [2.05, 4.69) is 6.58 Å². The summed E-state index contributed by atoms with van der Waals surface area (Å²) in [5, 5.41) is 8.87. The molecule has 1 N–H and O–H groups in total. The van der Waals surface area contributed by atoms with Gasteiger partial charge in [-0.3, -0.25) is 0 Å². The Labute approximate surface area is 104 Å². The van der Waals surface area contributed by atoms with Gasteiger partial charge in [-0.1, -0.05) is 6.08 Å². The Morgan fingerprint density at radius 3 is 2.61 bits per heavy atom. The molecule has 1 aromatic rings. The molecule has 98 valence electrons. The first kappa shape index (κ1) is 13.1. The lowest BCUT2D eigenvalue weighted by Crippen LogP contribution is -2.49. The van der Waals surface area contributed by atoms with Crippen LogP contribution in [0.1, 0.15) is 11.1 Å². The van der Waals surface area contributed by atoms with E-state index in [0.717, 1.165) is 12.1 Å². The number of hydrogen-bond donors (Lipinski definition) is 1. The largest absolute Gasteiger partial charge is 0.392 e. The van der Waals surface area contributed by atoms with E-state index in [1.165, 1.54) is 6.08 Å². The van der Waals surface area contributed by atoms with Crippen molar-refractivity contribution in [3.8, 4) is 0 Å². The number of benzene rings is 1. The molecule has 0 atom stereocenters. The minimum absolute atomic E-state index is 0.0737. The van der Waals surface area contributed by atoms with Crippen LogP contribution >= 0.6 is 0 Å². The fraction of sp³-hybridized carbons (Fsp3) is 0.385. The third kappa shape index (κ3) is 2.16. The van der Waals surface area contributed by atoms with Gasteiger partial charge in [0.15, 0.2) is 0 Å². The number of aliphatic hydroxyl groups is 1. The van der Waals surface area contributed by atoms with Gasteiger partial charge >= 0.3 is 0 Å². The first-order valence-electron chi connectivity index (χ1n) is 5.55. The van der Waals surface area contributed by atoms with E-state index in [0.29, 0.717) is 0 Å². The summed E-state index contributed by atoms with van der Waals surface area (Å²) in [6, 6.07) is 2.05. The molecule has 3 nitrogen and oxygen atoms in total. The van der Waals surface area contributed by atoms with Gasteiger partial charge in [-0.15, -0.1) is 6.58 Å². The number of rotatable bonds is 5. The molecule has 0 unspecified atom stereocenters. The van der Waals surface area contributed by atoms with Crippen molar-refractivity contribution in [3.63, 3.8) is 0 Å². The molecule has 1 fully saturated rings. The van der Waals surface area contributed by atoms with Crippen LogP contribution in [0.2, 0.25) is 0 Å². The average Bonchev–Trinajstić information content (AvgIpc) is 2.31. The summed E-state index contributed by atoms with van der Waals surface area (Å²) in [7, 11) is 0. The Bertz CT molecular complexity index is 456. The summed E-state index contributed by atoms with van der Waals surface area (Å²) >= 11 is 0. The highest BCUT2D eigenvalue weighted by Gasteiger charge is 2.43. The van der Waals surface area contributed by atoms with Crippen molar-refractivity contribution in [3.05, 3.63) is 47.5 Å². The standard InChI is InChI=1S/C13H14F2O3/c1-2-3-18-13(7-17-8-13)10-5-11(14)9(6-16)4-12(10)15/h2,4-5,16H,1,3,6-8H2. The Hall–Kier alpha value is -1.30. The summed E-state index contributed by atoms with van der Waals surface area (Å²) in [5.74, 6) is -1.25. The highest BCUT2D eigenvalue weighted by Crippen LogP contribution is 2.36. The molecular weight excluding hydrogens is 242 g/mol. The Morgan fingerprint density at radius 1 is 1.39 bits per heavy atom. The first-order chi connectivity index (χ1) is 8.63. The molecule has 1 aliphatic rings. The van der Waals surface area contributed by atoms with Crippen LogP contribution in [-0.4, -0.2) is 24.9 Å². The predicted octanol–water partition coefficient (Wildman–Crippen LogP) is 1.89. The zero-order chi connectivity index (χ0) is 13.2. The fourth-order valence-corrected chi connectivity index (χ4v) is 1.88. The number of ether oxygens (including phenoxy) is 2. The summed E-state index contributed by atoms with van der Waals surface area (Å²) < 4.78 is 38.1. The second-order valence-electron chi connectivity index (χ2n) is 4.17. The second-order valence-corrected chi connectivity index (χ2v) is 4.17. The molecule has 0 radical (unpaired) electrons. The van der Waals surface area contributed by atoms with E-state index in [9.17, 15) is 8.78 Å². The van der Waals surface area contributed by atoms with Crippen molar-refractivity contribution < 1.29 is 23.4 Å². The van der Waals surface area contributed by atoms with E-state index in [1.54, 1.807) is 0 Å². The minimum atomic E-state index is -0.951. The van der Waals surface area contributed by atoms with Gasteiger partial charge in [0.1, 0.15) is 17.2 Å². The molecule has 0 aromatic heterocycles. The van der Waals surface area contributed by atoms with Gasteiger partial charge in [-0.25, -0.2) is 8.78 Å². The second kappa shape index (κ2) is 5.14. The molecule has 18 heavy (non-hydrogen) atoms. The summed E-state index contributed by atoms with van der Waals surface area (Å²) in [6.07, 6.45) is 1.54. The van der Waals surface area contributed by atoms with Crippen LogP contribution < -0.4 is 0 Å². The van der Waals surface area contributed by atoms with Gasteiger partial charge in [0.05, 0.1) is 26.4 Å². The zero-order valence-electron chi connectivity index (χ0n) is 9.79. The van der Waals surface area contributed by atoms with Gasteiger partial charge in [0.2, 0.25) is 0 Å². The third-order valence-electron chi connectivity index (χ3n) is 2.95. The van der Waals surface area contributed by atoms with Gasteiger partial charge < -0.3 is 14.6 Å². The summed E-state index contributed by atoms with van der Waals surface area (Å²) in [4.78, 5) is 0. The van der Waals surface area contributed by atoms with Crippen LogP contribution in [-0.2, 0) is 21.7 Å². The lowest BCUT2D eigenvalue weighted by molar-refractivity contribution is -0.212. The van der Waals surface area contributed by atoms with Crippen molar-refractivity contribution in [2.45, 2.75) is 12.2 Å². The topological polar surface area (TPSA) is 38.7 Å². The number of aliphatic hydroxyl groups excluding tert-OH is 1. The molecule has 1 aromatic carbocycles. The van der Waals surface area contributed by atoms with Crippen molar-refractivity contribution in [2.75, 3.05) is 19.8 Å². The maximum Gasteiger partial charge on any atom is 0.143 e. The SMILES string of the molecule is C=CCOC1(c2cc(F)c(CO)cc2F)COC1. The third-order valence-corrected chi connectivity index (χ3v) is 2.95. The zero-order valence-corrected chi connectivity index (χ0v) is 9.79. The highest BCUT2D eigenvalue weighted by molar-refractivity contribution is 5.32. The molecule has 0 saturated carbocycles. The smallest absolute Gasteiger partial charge is 0.143 e. The van der Waals surface area contributed by atoms with E-state index >= 15 is 0 Å². The molecule has 2 rings (SSSR count). The summed E-state index contributed by atoms with van der Waals surface area (Å²) in [5.41, 5.74) is -0.909. The maximum atomic E-state index is 13.9. The molecule has 0 spiro atoms. The fourth-order valence-electron chi connectivity index (χ4n) is 1.88. The van der Waals surface area contributed by atoms with Crippen LogP contribution in [0, 0.1) is 11.6 Å². The van der Waals surface area contributed by atoms with Crippen LogP contribution in [0.5, 0.6) is 0 Å². The first-order valence-corrected chi connectivity index (χ1v) is 5.55. The molecular formula is C13H14F2O3. The summed E-state index contributed by atoms with van der Waals surface area (Å²) in [6.45, 7) is 3.56. The molecule has 1 aliphatic heterocycles. The van der Waals surface area contributed by atoms with E-state index in [-0.39, 0.29) is 30.9 Å². The van der Waals surface area contributed by atoms with Crippen molar-refractivity contribution in [2.24, 2.45) is 0 Å². The van der Waals surface area contributed by atoms with Crippen LogP contribution in [0.3, 0.4) is 0 Å². The predicted molar refractivity (Wildman–Crippen MR) is 60.9 cm³/mol. The van der Waals surface area contributed by atoms with Crippen LogP contribution in [0.15, 0.2) is 24.8 Å². The number of hydrogen-bond acceptors (Lipinski definition) is 3. The lowest BCUT2D eigenvalue weighted by atomic mass is 9.90. The molecule has 0 bridgehead atoms. The molecule has 0 amide bonds. The molecule has 5 heteroatoms. The average molecular weight is 256 g/mol. The highest BCUT2D eigenvalue weighted by atomic mass is 19.1. The van der Waals surface area contributed by atoms with Gasteiger partial charge in [-0.05, 0) is 12.1 Å². The number of halogens is 2. The molecule has 0 aliphatic carbocycles. The van der Waals surface area contributed by atoms with Crippen molar-refractivity contribution in [1.29, 1.82) is 0 Å². The Morgan fingerprint density at radius 2 is 2.11 bits per heavy atom. The van der Waals surface area contributed by atoms with Crippen LogP contribution in [0.4, 0.5) is 8.78 Å². The Balaban J connectivity index is 2.36. The van der Waals surface area contributed by atoms with E-state index in [1.807, 2.05) is 0 Å². The maximum absolute atomic E-state index is 13.9. The molecule has 1 saturated heterocycles. The van der Waals surface area contributed by atoms with Gasteiger partial charge in [0, 0.05) is 11.1 Å². The normalized spacial score (nSPS) is 17.3. The lowest BCUT2D eigenvalue weighted by Gasteiger charge is -2.41. The van der Waals surface area contributed by atoms with E-state index < -0.39 is 23.8 Å². The van der Waals surface area contributed by atoms with E-state index in [4.69, 9.17) is 14.6 Å². The quantitative estimate of drug-likeness (QED) is 0.818. The van der Waals surface area contributed by atoms with Crippen molar-refractivity contribution in [1.82, 2.24) is 0 Å². The van der Waals surface area contributed by atoms with Crippen LogP contribution in [0.25, 0.3) is 0 Å². The Kier molecular flexibility index (Phi) is 3.75. The minimum Gasteiger partial charge on any atom is -0.392 e. The van der Waals surface area contributed by atoms with Crippen molar-refractivity contribution >= 4 is 0 Å².